The van der Waals surface area contributed by atoms with Crippen molar-refractivity contribution < 1.29 is 13.2 Å². The second kappa shape index (κ2) is 5.79. The van der Waals surface area contributed by atoms with E-state index in [0.29, 0.717) is 30.5 Å². The number of sulfonamides is 1. The Morgan fingerprint density at radius 3 is 2.84 bits per heavy atom. The van der Waals surface area contributed by atoms with Crippen LogP contribution in [0.4, 0.5) is 0 Å². The molecule has 1 aliphatic rings. The van der Waals surface area contributed by atoms with E-state index >= 15 is 0 Å². The van der Waals surface area contributed by atoms with Gasteiger partial charge < -0.3 is 4.74 Å². The molecule has 0 amide bonds. The molecule has 0 N–H and O–H groups in total. The van der Waals surface area contributed by atoms with Crippen molar-refractivity contribution in [2.45, 2.75) is 30.7 Å². The summed E-state index contributed by atoms with van der Waals surface area (Å²) in [6.07, 6.45) is 0. The lowest BCUT2D eigenvalue weighted by molar-refractivity contribution is 0.0393. The molecule has 1 fully saturated rings. The van der Waals surface area contributed by atoms with Crippen LogP contribution in [0.25, 0.3) is 0 Å². The summed E-state index contributed by atoms with van der Waals surface area (Å²) >= 11 is 5.84. The van der Waals surface area contributed by atoms with Gasteiger partial charge in [0.15, 0.2) is 0 Å². The maximum Gasteiger partial charge on any atom is 0.243 e. The van der Waals surface area contributed by atoms with E-state index in [1.54, 1.807) is 18.2 Å². The van der Waals surface area contributed by atoms with Crippen molar-refractivity contribution in [3.05, 3.63) is 29.3 Å². The molecule has 4 nitrogen and oxygen atoms in total. The largest absolute Gasteiger partial charge is 0.378 e. The Balaban J connectivity index is 2.38. The van der Waals surface area contributed by atoms with E-state index < -0.39 is 10.0 Å². The van der Waals surface area contributed by atoms with Crippen molar-refractivity contribution in [3.8, 4) is 0 Å². The molecule has 0 spiro atoms. The number of rotatable bonds is 3. The Labute approximate surface area is 119 Å². The summed E-state index contributed by atoms with van der Waals surface area (Å²) in [7, 11) is -3.47. The molecule has 0 aliphatic carbocycles. The molecule has 2 rings (SSSR count). The van der Waals surface area contributed by atoms with Crippen molar-refractivity contribution >= 4 is 21.6 Å². The fraction of sp³-hybridized carbons (Fsp3) is 0.538. The third kappa shape index (κ3) is 2.94. The molecule has 0 aromatic heterocycles. The SMILES string of the molecule is Cc1ccc(S(=O)(=O)N2CCOCC2C)cc1CCl. The summed E-state index contributed by atoms with van der Waals surface area (Å²) in [5.74, 6) is 0.313. The van der Waals surface area contributed by atoms with E-state index in [1.165, 1.54) is 4.31 Å². The number of ether oxygens (including phenoxy) is 1. The number of hydrogen-bond donors (Lipinski definition) is 0. The second-order valence-electron chi connectivity index (χ2n) is 4.76. The Bertz CT molecular complexity index is 559. The van der Waals surface area contributed by atoms with Crippen LogP contribution in [0.3, 0.4) is 0 Å². The number of hydrogen-bond acceptors (Lipinski definition) is 3. The van der Waals surface area contributed by atoms with E-state index in [1.807, 2.05) is 13.8 Å². The molecule has 1 atom stereocenters. The van der Waals surface area contributed by atoms with Gasteiger partial charge in [0, 0.05) is 18.5 Å². The van der Waals surface area contributed by atoms with Crippen LogP contribution >= 0.6 is 11.6 Å². The molecule has 6 heteroatoms. The molecule has 19 heavy (non-hydrogen) atoms. The minimum atomic E-state index is -3.47. The third-order valence-electron chi connectivity index (χ3n) is 3.38. The van der Waals surface area contributed by atoms with Crippen LogP contribution in [0.15, 0.2) is 23.1 Å². The van der Waals surface area contributed by atoms with Gasteiger partial charge in [0.1, 0.15) is 0 Å². The number of benzene rings is 1. The number of halogens is 1. The van der Waals surface area contributed by atoms with Gasteiger partial charge in [0.25, 0.3) is 0 Å². The van der Waals surface area contributed by atoms with Gasteiger partial charge in [-0.2, -0.15) is 4.31 Å². The zero-order valence-corrected chi connectivity index (χ0v) is 12.7. The van der Waals surface area contributed by atoms with E-state index in [9.17, 15) is 8.42 Å². The zero-order chi connectivity index (χ0) is 14.0. The van der Waals surface area contributed by atoms with E-state index in [2.05, 4.69) is 0 Å². The molecule has 0 radical (unpaired) electrons. The van der Waals surface area contributed by atoms with Gasteiger partial charge in [0.05, 0.1) is 18.1 Å². The molecule has 1 aromatic rings. The van der Waals surface area contributed by atoms with E-state index in [0.717, 1.165) is 11.1 Å². The molecule has 106 valence electrons. The summed E-state index contributed by atoms with van der Waals surface area (Å²) in [6.45, 7) is 5.05. The van der Waals surface area contributed by atoms with Gasteiger partial charge in [-0.05, 0) is 37.1 Å². The van der Waals surface area contributed by atoms with Gasteiger partial charge in [-0.3, -0.25) is 0 Å². The highest BCUT2D eigenvalue weighted by Gasteiger charge is 2.31. The van der Waals surface area contributed by atoms with Crippen LogP contribution in [-0.2, 0) is 20.6 Å². The highest BCUT2D eigenvalue weighted by molar-refractivity contribution is 7.89. The maximum absolute atomic E-state index is 12.6. The molecular formula is C13H18ClNO3S. The van der Waals surface area contributed by atoms with Gasteiger partial charge in [0.2, 0.25) is 10.0 Å². The van der Waals surface area contributed by atoms with Crippen molar-refractivity contribution in [2.24, 2.45) is 0 Å². The summed E-state index contributed by atoms with van der Waals surface area (Å²) < 4.78 is 32.0. The lowest BCUT2D eigenvalue weighted by Gasteiger charge is -2.32. The van der Waals surface area contributed by atoms with Crippen LogP contribution in [0.5, 0.6) is 0 Å². The van der Waals surface area contributed by atoms with Crippen LogP contribution in [0.1, 0.15) is 18.1 Å². The minimum Gasteiger partial charge on any atom is -0.378 e. The van der Waals surface area contributed by atoms with Gasteiger partial charge in [-0.1, -0.05) is 6.07 Å². The number of aryl methyl sites for hydroxylation is 1. The molecule has 0 saturated carbocycles. The lowest BCUT2D eigenvalue weighted by Crippen LogP contribution is -2.46. The normalized spacial score (nSPS) is 21.5. The summed E-state index contributed by atoms with van der Waals surface area (Å²) in [5.41, 5.74) is 1.85. The summed E-state index contributed by atoms with van der Waals surface area (Å²) in [6, 6.07) is 4.97. The van der Waals surface area contributed by atoms with Crippen molar-refractivity contribution in [1.29, 1.82) is 0 Å². The van der Waals surface area contributed by atoms with Gasteiger partial charge >= 0.3 is 0 Å². The predicted molar refractivity (Wildman–Crippen MR) is 74.9 cm³/mol. The topological polar surface area (TPSA) is 46.6 Å². The van der Waals surface area contributed by atoms with Crippen LogP contribution in [0.2, 0.25) is 0 Å². The molecule has 1 unspecified atom stereocenters. The average Bonchev–Trinajstić information content (AvgIpc) is 2.39. The van der Waals surface area contributed by atoms with Crippen LogP contribution in [-0.4, -0.2) is 38.5 Å². The smallest absolute Gasteiger partial charge is 0.243 e. The van der Waals surface area contributed by atoms with Gasteiger partial charge in [-0.25, -0.2) is 8.42 Å². The first-order chi connectivity index (χ1) is 8.96. The minimum absolute atomic E-state index is 0.139. The first-order valence-electron chi connectivity index (χ1n) is 6.22. The Kier molecular flexibility index (Phi) is 4.50. The highest BCUT2D eigenvalue weighted by atomic mass is 35.5. The third-order valence-corrected chi connectivity index (χ3v) is 5.68. The molecule has 0 bridgehead atoms. The van der Waals surface area contributed by atoms with Crippen LogP contribution < -0.4 is 0 Å². The Morgan fingerprint density at radius 2 is 2.21 bits per heavy atom. The standard InChI is InChI=1S/C13H18ClNO3S/c1-10-3-4-13(7-12(10)8-14)19(16,17)15-5-6-18-9-11(15)2/h3-4,7,11H,5-6,8-9H2,1-2H3. The summed E-state index contributed by atoms with van der Waals surface area (Å²) in [4.78, 5) is 0.308. The second-order valence-corrected chi connectivity index (χ2v) is 6.92. The van der Waals surface area contributed by atoms with E-state index in [4.69, 9.17) is 16.3 Å². The maximum atomic E-state index is 12.6. The van der Waals surface area contributed by atoms with Crippen molar-refractivity contribution in [2.75, 3.05) is 19.8 Å². The highest BCUT2D eigenvalue weighted by Crippen LogP contribution is 2.23. The molecular weight excluding hydrogens is 286 g/mol. The molecule has 1 aliphatic heterocycles. The average molecular weight is 304 g/mol. The number of nitrogens with zero attached hydrogens (tertiary/aromatic N) is 1. The van der Waals surface area contributed by atoms with Crippen LogP contribution in [0, 0.1) is 6.92 Å². The summed E-state index contributed by atoms with van der Waals surface area (Å²) in [5, 5.41) is 0. The fourth-order valence-electron chi connectivity index (χ4n) is 2.16. The zero-order valence-electron chi connectivity index (χ0n) is 11.1. The lowest BCUT2D eigenvalue weighted by atomic mass is 10.1. The molecule has 1 heterocycles. The van der Waals surface area contributed by atoms with E-state index in [-0.39, 0.29) is 6.04 Å². The van der Waals surface area contributed by atoms with Gasteiger partial charge in [-0.15, -0.1) is 11.6 Å². The Morgan fingerprint density at radius 1 is 1.47 bits per heavy atom. The monoisotopic (exact) mass is 303 g/mol. The number of morpholine rings is 1. The fourth-order valence-corrected chi connectivity index (χ4v) is 4.10. The number of alkyl halides is 1. The predicted octanol–water partition coefficient (Wildman–Crippen LogP) is 2.14. The molecule has 1 aromatic carbocycles. The first kappa shape index (κ1) is 14.8. The molecule has 1 saturated heterocycles. The quantitative estimate of drug-likeness (QED) is 0.804. The van der Waals surface area contributed by atoms with Crippen molar-refractivity contribution in [3.63, 3.8) is 0 Å². The first-order valence-corrected chi connectivity index (χ1v) is 8.19. The Hall–Kier alpha value is -0.620. The van der Waals surface area contributed by atoms with Crippen molar-refractivity contribution in [1.82, 2.24) is 4.31 Å².